The number of carbonyl (C=O) groups is 1. The van der Waals surface area contributed by atoms with E-state index in [2.05, 4.69) is 12.2 Å². The third-order valence-corrected chi connectivity index (χ3v) is 1.45. The molecule has 0 bridgehead atoms. The Bertz CT molecular complexity index is 128. The van der Waals surface area contributed by atoms with Crippen LogP contribution in [0.4, 0.5) is 0 Å². The minimum Gasteiger partial charge on any atom is -0.462 e. The average Bonchev–Trinajstić information content (AvgIpc) is 2.11. The number of esters is 1. The molecule has 0 aromatic heterocycles. The topological polar surface area (TPSA) is 47.6 Å². The van der Waals surface area contributed by atoms with Crippen molar-refractivity contribution < 1.29 is 14.3 Å². The third-order valence-electron chi connectivity index (χ3n) is 1.45. The second-order valence-electron chi connectivity index (χ2n) is 2.72. The summed E-state index contributed by atoms with van der Waals surface area (Å²) in [6, 6.07) is 0. The van der Waals surface area contributed by atoms with Gasteiger partial charge in [-0.15, -0.1) is 0 Å². The summed E-state index contributed by atoms with van der Waals surface area (Å²) in [5, 5.41) is 2.71. The second kappa shape index (κ2) is 9.48. The van der Waals surface area contributed by atoms with Gasteiger partial charge < -0.3 is 14.8 Å². The lowest BCUT2D eigenvalue weighted by atomic mass is 10.4. The highest BCUT2D eigenvalue weighted by molar-refractivity contribution is 5.71. The highest BCUT2D eigenvalue weighted by Gasteiger charge is 1.98. The monoisotopic (exact) mass is 189 g/mol. The molecular formula is C9H19NO3. The van der Waals surface area contributed by atoms with E-state index in [1.165, 1.54) is 0 Å². The largest absolute Gasteiger partial charge is 0.462 e. The molecule has 0 aromatic rings. The maximum absolute atomic E-state index is 10.8. The second-order valence-corrected chi connectivity index (χ2v) is 2.72. The predicted octanol–water partition coefficient (Wildman–Crippen LogP) is 0.566. The number of likely N-dealkylation sites (N-methyl/N-ethyl adjacent to an activating group) is 1. The van der Waals surface area contributed by atoms with Gasteiger partial charge in [-0.2, -0.15) is 0 Å². The van der Waals surface area contributed by atoms with Crippen LogP contribution in [0.3, 0.4) is 0 Å². The van der Waals surface area contributed by atoms with Crippen molar-refractivity contribution in [2.24, 2.45) is 0 Å². The van der Waals surface area contributed by atoms with Gasteiger partial charge in [-0.25, -0.2) is 0 Å². The molecule has 78 valence electrons. The molecule has 0 atom stereocenters. The summed E-state index contributed by atoms with van der Waals surface area (Å²) in [5.74, 6) is -0.235. The molecule has 13 heavy (non-hydrogen) atoms. The van der Waals surface area contributed by atoms with Crippen LogP contribution in [0.2, 0.25) is 0 Å². The van der Waals surface area contributed by atoms with Crippen molar-refractivity contribution in [1.29, 1.82) is 0 Å². The van der Waals surface area contributed by atoms with E-state index < -0.39 is 0 Å². The first-order valence-corrected chi connectivity index (χ1v) is 4.69. The summed E-state index contributed by atoms with van der Waals surface area (Å²) in [7, 11) is 1.71. The SMILES string of the molecule is CCCCOCCOC(=O)CNC. The summed E-state index contributed by atoms with van der Waals surface area (Å²) in [4.78, 5) is 10.8. The summed E-state index contributed by atoms with van der Waals surface area (Å²) in [5.41, 5.74) is 0. The van der Waals surface area contributed by atoms with Crippen molar-refractivity contribution in [3.05, 3.63) is 0 Å². The zero-order valence-electron chi connectivity index (χ0n) is 8.47. The molecule has 0 saturated carbocycles. The van der Waals surface area contributed by atoms with E-state index in [0.717, 1.165) is 19.4 Å². The number of carbonyl (C=O) groups excluding carboxylic acids is 1. The molecule has 0 aromatic carbocycles. The van der Waals surface area contributed by atoms with Gasteiger partial charge in [-0.3, -0.25) is 4.79 Å². The van der Waals surface area contributed by atoms with Crippen molar-refractivity contribution in [2.75, 3.05) is 33.4 Å². The average molecular weight is 189 g/mol. The molecule has 0 saturated heterocycles. The Balaban J connectivity index is 3.02. The molecule has 0 aliphatic heterocycles. The van der Waals surface area contributed by atoms with E-state index in [1.807, 2.05) is 0 Å². The maximum atomic E-state index is 10.8. The van der Waals surface area contributed by atoms with Crippen LogP contribution in [-0.2, 0) is 14.3 Å². The van der Waals surface area contributed by atoms with Gasteiger partial charge in [-0.05, 0) is 13.5 Å². The molecule has 0 amide bonds. The summed E-state index contributed by atoms with van der Waals surface area (Å²) < 4.78 is 10.0. The third kappa shape index (κ3) is 9.30. The molecule has 0 heterocycles. The quantitative estimate of drug-likeness (QED) is 0.448. The van der Waals surface area contributed by atoms with E-state index in [4.69, 9.17) is 9.47 Å². The molecule has 0 radical (unpaired) electrons. The molecule has 0 aliphatic carbocycles. The van der Waals surface area contributed by atoms with E-state index in [9.17, 15) is 4.79 Å². The van der Waals surface area contributed by atoms with Crippen molar-refractivity contribution in [3.63, 3.8) is 0 Å². The van der Waals surface area contributed by atoms with Gasteiger partial charge in [0, 0.05) is 6.61 Å². The highest BCUT2D eigenvalue weighted by Crippen LogP contribution is 1.87. The van der Waals surface area contributed by atoms with Crippen LogP contribution in [0, 0.1) is 0 Å². The fourth-order valence-corrected chi connectivity index (χ4v) is 0.758. The fraction of sp³-hybridized carbons (Fsp3) is 0.889. The molecule has 1 N–H and O–H groups in total. The lowest BCUT2D eigenvalue weighted by Crippen LogP contribution is -2.22. The summed E-state index contributed by atoms with van der Waals surface area (Å²) >= 11 is 0. The lowest BCUT2D eigenvalue weighted by molar-refractivity contribution is -0.143. The molecule has 0 unspecified atom stereocenters. The minimum absolute atomic E-state index is 0.235. The molecule has 0 spiro atoms. The number of ether oxygens (including phenoxy) is 2. The van der Waals surface area contributed by atoms with Gasteiger partial charge >= 0.3 is 5.97 Å². The van der Waals surface area contributed by atoms with Crippen LogP contribution in [0.1, 0.15) is 19.8 Å². The Morgan fingerprint density at radius 2 is 2.08 bits per heavy atom. The van der Waals surface area contributed by atoms with Crippen molar-refractivity contribution in [3.8, 4) is 0 Å². The lowest BCUT2D eigenvalue weighted by Gasteiger charge is -2.04. The predicted molar refractivity (Wildman–Crippen MR) is 50.6 cm³/mol. The number of unbranched alkanes of at least 4 members (excludes halogenated alkanes) is 1. The summed E-state index contributed by atoms with van der Waals surface area (Å²) in [6.45, 7) is 3.96. The number of hydrogen-bond donors (Lipinski definition) is 1. The van der Waals surface area contributed by atoms with Crippen molar-refractivity contribution in [1.82, 2.24) is 5.32 Å². The van der Waals surface area contributed by atoms with Crippen LogP contribution in [-0.4, -0.2) is 39.4 Å². The number of rotatable bonds is 8. The first-order valence-electron chi connectivity index (χ1n) is 4.69. The van der Waals surface area contributed by atoms with Crippen LogP contribution >= 0.6 is 0 Å². The van der Waals surface area contributed by atoms with E-state index >= 15 is 0 Å². The molecule has 4 nitrogen and oxygen atoms in total. The fourth-order valence-electron chi connectivity index (χ4n) is 0.758. The van der Waals surface area contributed by atoms with Crippen LogP contribution in [0.5, 0.6) is 0 Å². The van der Waals surface area contributed by atoms with Crippen LogP contribution < -0.4 is 5.32 Å². The Morgan fingerprint density at radius 3 is 2.69 bits per heavy atom. The highest BCUT2D eigenvalue weighted by atomic mass is 16.6. The smallest absolute Gasteiger partial charge is 0.319 e. The zero-order valence-corrected chi connectivity index (χ0v) is 8.47. The van der Waals surface area contributed by atoms with Crippen LogP contribution in [0.15, 0.2) is 0 Å². The van der Waals surface area contributed by atoms with Gasteiger partial charge in [0.2, 0.25) is 0 Å². The zero-order chi connectivity index (χ0) is 9.94. The molecular weight excluding hydrogens is 170 g/mol. The van der Waals surface area contributed by atoms with Crippen molar-refractivity contribution in [2.45, 2.75) is 19.8 Å². The Hall–Kier alpha value is -0.610. The summed E-state index contributed by atoms with van der Waals surface area (Å²) in [6.07, 6.45) is 2.18. The molecule has 0 rings (SSSR count). The van der Waals surface area contributed by atoms with Gasteiger partial charge in [0.05, 0.1) is 13.2 Å². The number of hydrogen-bond acceptors (Lipinski definition) is 4. The van der Waals surface area contributed by atoms with E-state index in [0.29, 0.717) is 13.2 Å². The van der Waals surface area contributed by atoms with Gasteiger partial charge in [0.15, 0.2) is 0 Å². The van der Waals surface area contributed by atoms with Gasteiger partial charge in [0.25, 0.3) is 0 Å². The number of nitrogens with one attached hydrogen (secondary N) is 1. The molecule has 0 aliphatic rings. The van der Waals surface area contributed by atoms with Crippen LogP contribution in [0.25, 0.3) is 0 Å². The molecule has 4 heteroatoms. The maximum Gasteiger partial charge on any atom is 0.319 e. The first-order chi connectivity index (χ1) is 6.31. The molecule has 0 fully saturated rings. The van der Waals surface area contributed by atoms with Gasteiger partial charge in [0.1, 0.15) is 6.61 Å². The van der Waals surface area contributed by atoms with E-state index in [1.54, 1.807) is 7.05 Å². The Kier molecular flexibility index (Phi) is 9.03. The Morgan fingerprint density at radius 1 is 1.31 bits per heavy atom. The van der Waals surface area contributed by atoms with Gasteiger partial charge in [-0.1, -0.05) is 13.3 Å². The first kappa shape index (κ1) is 12.4. The van der Waals surface area contributed by atoms with E-state index in [-0.39, 0.29) is 12.5 Å². The standard InChI is InChI=1S/C9H19NO3/c1-3-4-5-12-6-7-13-9(11)8-10-2/h10H,3-8H2,1-2H3. The minimum atomic E-state index is -0.235. The Labute approximate surface area is 79.6 Å². The normalized spacial score (nSPS) is 10.0. The van der Waals surface area contributed by atoms with Crippen molar-refractivity contribution >= 4 is 5.97 Å².